The number of hydrogen-bond donors (Lipinski definition) is 1. The SMILES string of the molecule is CCOCCNCCS(=O)(=O)C(C)CC. The monoisotopic (exact) mass is 237 g/mol. The third-order valence-electron chi connectivity index (χ3n) is 2.38. The summed E-state index contributed by atoms with van der Waals surface area (Å²) in [5, 5.41) is 2.82. The van der Waals surface area contributed by atoms with Crippen LogP contribution in [0.2, 0.25) is 0 Å². The summed E-state index contributed by atoms with van der Waals surface area (Å²) in [6.45, 7) is 8.16. The normalized spacial score (nSPS) is 14.1. The van der Waals surface area contributed by atoms with E-state index >= 15 is 0 Å². The van der Waals surface area contributed by atoms with Crippen LogP contribution in [0.1, 0.15) is 27.2 Å². The zero-order valence-electron chi connectivity index (χ0n) is 9.95. The molecule has 0 fully saturated rings. The Morgan fingerprint density at radius 1 is 1.27 bits per heavy atom. The van der Waals surface area contributed by atoms with Crippen molar-refractivity contribution in [1.29, 1.82) is 0 Å². The zero-order valence-corrected chi connectivity index (χ0v) is 10.8. The van der Waals surface area contributed by atoms with E-state index in [2.05, 4.69) is 5.32 Å². The molecule has 0 rings (SSSR count). The molecule has 0 heterocycles. The minimum atomic E-state index is -2.91. The smallest absolute Gasteiger partial charge is 0.154 e. The first kappa shape index (κ1) is 14.9. The van der Waals surface area contributed by atoms with Crippen LogP contribution in [-0.4, -0.2) is 45.7 Å². The largest absolute Gasteiger partial charge is 0.380 e. The van der Waals surface area contributed by atoms with Gasteiger partial charge in [-0.05, 0) is 20.3 Å². The maximum atomic E-state index is 11.6. The molecule has 0 aliphatic heterocycles. The Morgan fingerprint density at radius 3 is 2.47 bits per heavy atom. The van der Waals surface area contributed by atoms with Gasteiger partial charge >= 0.3 is 0 Å². The summed E-state index contributed by atoms with van der Waals surface area (Å²) in [7, 11) is -2.91. The number of nitrogens with one attached hydrogen (secondary N) is 1. The van der Waals surface area contributed by atoms with Gasteiger partial charge in [-0.3, -0.25) is 0 Å². The summed E-state index contributed by atoms with van der Waals surface area (Å²) in [5.41, 5.74) is 0. The van der Waals surface area contributed by atoms with E-state index in [-0.39, 0.29) is 11.0 Å². The molecule has 1 unspecified atom stereocenters. The summed E-state index contributed by atoms with van der Waals surface area (Å²) < 4.78 is 28.3. The molecule has 0 aromatic carbocycles. The van der Waals surface area contributed by atoms with Gasteiger partial charge in [-0.1, -0.05) is 6.92 Å². The lowest BCUT2D eigenvalue weighted by molar-refractivity contribution is 0.150. The Labute approximate surface area is 93.3 Å². The summed E-state index contributed by atoms with van der Waals surface area (Å²) in [6, 6.07) is 0. The van der Waals surface area contributed by atoms with Crippen molar-refractivity contribution in [3.8, 4) is 0 Å². The highest BCUT2D eigenvalue weighted by Crippen LogP contribution is 2.04. The first-order valence-electron chi connectivity index (χ1n) is 5.54. The number of hydrogen-bond acceptors (Lipinski definition) is 4. The fourth-order valence-electron chi connectivity index (χ4n) is 1.08. The van der Waals surface area contributed by atoms with Gasteiger partial charge in [0.05, 0.1) is 17.6 Å². The van der Waals surface area contributed by atoms with Crippen molar-refractivity contribution < 1.29 is 13.2 Å². The molecule has 0 saturated heterocycles. The van der Waals surface area contributed by atoms with Gasteiger partial charge in [0.1, 0.15) is 0 Å². The maximum Gasteiger partial charge on any atom is 0.154 e. The van der Waals surface area contributed by atoms with Crippen LogP contribution in [0.5, 0.6) is 0 Å². The van der Waals surface area contributed by atoms with Crippen LogP contribution in [-0.2, 0) is 14.6 Å². The summed E-state index contributed by atoms with van der Waals surface area (Å²) in [6.07, 6.45) is 0.682. The molecule has 92 valence electrons. The van der Waals surface area contributed by atoms with Gasteiger partial charge in [0, 0.05) is 19.7 Å². The summed E-state index contributed by atoms with van der Waals surface area (Å²) in [4.78, 5) is 0. The Kier molecular flexibility index (Phi) is 8.00. The Bertz CT molecular complexity index is 239. The van der Waals surface area contributed by atoms with Crippen molar-refractivity contribution in [2.75, 3.05) is 32.1 Å². The molecule has 5 heteroatoms. The van der Waals surface area contributed by atoms with Crippen LogP contribution < -0.4 is 5.32 Å². The Hall–Kier alpha value is -0.130. The lowest BCUT2D eigenvalue weighted by Gasteiger charge is -2.10. The molecule has 15 heavy (non-hydrogen) atoms. The minimum absolute atomic E-state index is 0.216. The molecule has 0 aliphatic carbocycles. The van der Waals surface area contributed by atoms with E-state index in [0.717, 1.165) is 0 Å². The van der Waals surface area contributed by atoms with Crippen molar-refractivity contribution in [1.82, 2.24) is 5.32 Å². The molecular weight excluding hydrogens is 214 g/mol. The topological polar surface area (TPSA) is 55.4 Å². The predicted molar refractivity (Wildman–Crippen MR) is 62.9 cm³/mol. The molecular formula is C10H23NO3S. The quantitative estimate of drug-likeness (QED) is 0.603. The van der Waals surface area contributed by atoms with Crippen molar-refractivity contribution in [3.63, 3.8) is 0 Å². The molecule has 0 aromatic rings. The molecule has 4 nitrogen and oxygen atoms in total. The zero-order chi connectivity index (χ0) is 11.7. The third-order valence-corrected chi connectivity index (χ3v) is 4.71. The highest BCUT2D eigenvalue weighted by molar-refractivity contribution is 7.92. The van der Waals surface area contributed by atoms with Gasteiger partial charge in [-0.25, -0.2) is 8.42 Å². The van der Waals surface area contributed by atoms with E-state index in [1.807, 2.05) is 13.8 Å². The average molecular weight is 237 g/mol. The highest BCUT2D eigenvalue weighted by Gasteiger charge is 2.17. The second kappa shape index (κ2) is 8.07. The number of rotatable bonds is 9. The molecule has 0 amide bonds. The molecule has 0 aliphatic rings. The van der Waals surface area contributed by atoms with Crippen LogP contribution in [0.4, 0.5) is 0 Å². The van der Waals surface area contributed by atoms with E-state index in [9.17, 15) is 8.42 Å². The van der Waals surface area contributed by atoms with E-state index in [4.69, 9.17) is 4.74 Å². The van der Waals surface area contributed by atoms with Gasteiger partial charge in [0.2, 0.25) is 0 Å². The molecule has 1 atom stereocenters. The Balaban J connectivity index is 3.58. The standard InChI is InChI=1S/C10H23NO3S/c1-4-10(3)15(12,13)9-7-11-6-8-14-5-2/h10-11H,4-9H2,1-3H3. The molecule has 0 spiro atoms. The van der Waals surface area contributed by atoms with Crippen molar-refractivity contribution in [2.24, 2.45) is 0 Å². The van der Waals surface area contributed by atoms with Crippen LogP contribution in [0, 0.1) is 0 Å². The second-order valence-electron chi connectivity index (χ2n) is 3.53. The number of ether oxygens (including phenoxy) is 1. The average Bonchev–Trinajstić information content (AvgIpc) is 2.22. The van der Waals surface area contributed by atoms with E-state index < -0.39 is 9.84 Å². The lowest BCUT2D eigenvalue weighted by Crippen LogP contribution is -2.30. The third kappa shape index (κ3) is 6.87. The van der Waals surface area contributed by atoms with E-state index in [1.54, 1.807) is 6.92 Å². The predicted octanol–water partition coefficient (Wildman–Crippen LogP) is 0.826. The van der Waals surface area contributed by atoms with E-state index in [0.29, 0.717) is 32.7 Å². The van der Waals surface area contributed by atoms with Crippen LogP contribution >= 0.6 is 0 Å². The Morgan fingerprint density at radius 2 is 1.93 bits per heavy atom. The second-order valence-corrected chi connectivity index (χ2v) is 6.07. The molecule has 0 bridgehead atoms. The first-order chi connectivity index (χ1) is 7.04. The molecule has 1 N–H and O–H groups in total. The van der Waals surface area contributed by atoms with Crippen LogP contribution in [0.25, 0.3) is 0 Å². The molecule has 0 saturated carbocycles. The van der Waals surface area contributed by atoms with Crippen LogP contribution in [0.3, 0.4) is 0 Å². The maximum absolute atomic E-state index is 11.6. The molecule has 0 radical (unpaired) electrons. The van der Waals surface area contributed by atoms with Gasteiger partial charge in [0.25, 0.3) is 0 Å². The minimum Gasteiger partial charge on any atom is -0.380 e. The number of sulfone groups is 1. The van der Waals surface area contributed by atoms with E-state index in [1.165, 1.54) is 0 Å². The van der Waals surface area contributed by atoms with Gasteiger partial charge in [0.15, 0.2) is 9.84 Å². The summed E-state index contributed by atoms with van der Waals surface area (Å²) in [5.74, 6) is 0.216. The first-order valence-corrected chi connectivity index (χ1v) is 7.26. The molecule has 0 aromatic heterocycles. The van der Waals surface area contributed by atoms with Gasteiger partial charge < -0.3 is 10.1 Å². The van der Waals surface area contributed by atoms with Crippen molar-refractivity contribution in [3.05, 3.63) is 0 Å². The van der Waals surface area contributed by atoms with Crippen molar-refractivity contribution >= 4 is 9.84 Å². The highest BCUT2D eigenvalue weighted by atomic mass is 32.2. The van der Waals surface area contributed by atoms with Crippen LogP contribution in [0.15, 0.2) is 0 Å². The lowest BCUT2D eigenvalue weighted by atomic mass is 10.4. The fourth-order valence-corrected chi connectivity index (χ4v) is 2.42. The summed E-state index contributed by atoms with van der Waals surface area (Å²) >= 11 is 0. The van der Waals surface area contributed by atoms with Gasteiger partial charge in [-0.15, -0.1) is 0 Å². The van der Waals surface area contributed by atoms with Gasteiger partial charge in [-0.2, -0.15) is 0 Å². The fraction of sp³-hybridized carbons (Fsp3) is 1.00. The van der Waals surface area contributed by atoms with Crippen molar-refractivity contribution in [2.45, 2.75) is 32.4 Å².